The van der Waals surface area contributed by atoms with Crippen LogP contribution in [0.3, 0.4) is 0 Å². The number of carbonyl (C=O) groups excluding carboxylic acids is 7. The second-order valence-electron chi connectivity index (χ2n) is 13.4. The van der Waals surface area contributed by atoms with Gasteiger partial charge >= 0.3 is 150 Å². The maximum absolute atomic E-state index is 12.9. The first-order valence-electron chi connectivity index (χ1n) is 19.0. The van der Waals surface area contributed by atoms with E-state index in [1.54, 1.807) is 91.0 Å². The number of anilines is 2. The number of nitrogens with one attached hydrogen (secondary N) is 1. The Labute approximate surface area is 502 Å². The number of nitrogen functional groups attached to an aromatic ring is 2. The van der Waals surface area contributed by atoms with E-state index >= 15 is 0 Å². The van der Waals surface area contributed by atoms with E-state index in [4.69, 9.17) is 37.9 Å². The van der Waals surface area contributed by atoms with Gasteiger partial charge in [0.1, 0.15) is 23.1 Å². The Morgan fingerprint density at radius 1 is 0.716 bits per heavy atom. The van der Waals surface area contributed by atoms with Crippen molar-refractivity contribution in [2.75, 3.05) is 24.3 Å². The molecule has 0 aliphatic carbocycles. The predicted molar refractivity (Wildman–Crippen MR) is 226 cm³/mol. The molecule has 4 aromatic carbocycles. The molecule has 2 fully saturated rings. The van der Waals surface area contributed by atoms with Crippen molar-refractivity contribution in [3.63, 3.8) is 0 Å². The molecule has 0 spiro atoms. The van der Waals surface area contributed by atoms with E-state index in [1.807, 2.05) is 6.07 Å². The summed E-state index contributed by atoms with van der Waals surface area (Å²) in [5, 5.41) is 26.5. The number of piperidine rings is 2. The van der Waals surface area contributed by atoms with Crippen LogP contribution in [0.5, 0.6) is 0 Å². The zero-order valence-corrected chi connectivity index (χ0v) is 49.0. The molecule has 0 saturated carbocycles. The maximum atomic E-state index is 12.9. The van der Waals surface area contributed by atoms with Gasteiger partial charge in [0.05, 0.1) is 21.9 Å². The first-order valence-corrected chi connectivity index (χ1v) is 19.5. The normalized spacial score (nSPS) is 15.0. The molecule has 23 nitrogen and oxygen atoms in total. The molecule has 8 rings (SSSR count). The van der Waals surface area contributed by atoms with Crippen LogP contribution in [0.2, 0.25) is 0 Å². The van der Waals surface area contributed by atoms with Crippen LogP contribution < -0.4 is 171 Å². The van der Waals surface area contributed by atoms with E-state index in [0.29, 0.717) is 16.6 Å². The summed E-state index contributed by atoms with van der Waals surface area (Å²) in [4.78, 5) is 108. The Kier molecular flexibility index (Phi) is 24.0. The fourth-order valence-electron chi connectivity index (χ4n) is 6.25. The number of esters is 2. The van der Waals surface area contributed by atoms with Gasteiger partial charge in [-0.2, -0.15) is 9.36 Å². The van der Waals surface area contributed by atoms with Crippen LogP contribution in [0.4, 0.5) is 11.4 Å². The fourth-order valence-corrected chi connectivity index (χ4v) is 6.34. The quantitative estimate of drug-likeness (QED) is 0.0244. The third-order valence-corrected chi connectivity index (χ3v) is 9.45. The number of nitrogens with two attached hydrogens (primary N) is 2. The number of benzene rings is 4. The molecule has 4 heterocycles. The molecular formula is C41H37ClCs2N10O13. The van der Waals surface area contributed by atoms with E-state index in [2.05, 4.69) is 35.6 Å². The Bertz CT molecular complexity index is 2870. The minimum Gasteiger partial charge on any atom is -1.00 e. The fraction of sp³-hybridized carbons (Fsp3) is 0.195. The topological polar surface area (TPSA) is 333 Å². The Balaban J connectivity index is 0.000000360. The number of carbonyl (C=O) groups is 7. The average molecular weight is 1180 g/mol. The number of imide groups is 2. The summed E-state index contributed by atoms with van der Waals surface area (Å²) < 4.78 is 11.6. The Morgan fingerprint density at radius 3 is 1.64 bits per heavy atom. The number of halogens is 1. The van der Waals surface area contributed by atoms with Crippen LogP contribution in [-0.4, -0.2) is 89.7 Å². The number of alkyl halides is 1. The number of hydrogen-bond donors (Lipinski definition) is 3. The molecule has 5 N–H and O–H groups in total. The van der Waals surface area contributed by atoms with Crippen LogP contribution in [0.1, 0.15) is 59.9 Å². The molecule has 4 amide bonds. The molecule has 2 unspecified atom stereocenters. The van der Waals surface area contributed by atoms with Crippen molar-refractivity contribution >= 4 is 86.8 Å². The van der Waals surface area contributed by atoms with Crippen LogP contribution in [0.25, 0.3) is 21.8 Å². The third kappa shape index (κ3) is 15.1. The van der Waals surface area contributed by atoms with Gasteiger partial charge in [0.2, 0.25) is 11.8 Å². The summed E-state index contributed by atoms with van der Waals surface area (Å²) in [6.45, 7) is -0.736. The van der Waals surface area contributed by atoms with Gasteiger partial charge in [0.15, 0.2) is 12.8 Å². The minimum atomic E-state index is -1.05. The van der Waals surface area contributed by atoms with Crippen molar-refractivity contribution in [3.05, 3.63) is 129 Å². The molecule has 338 valence electrons. The molecule has 2 saturated heterocycles. The van der Waals surface area contributed by atoms with Crippen LogP contribution in [-0.2, 0) is 38.3 Å². The van der Waals surface area contributed by atoms with Crippen molar-refractivity contribution in [2.45, 2.75) is 37.8 Å². The predicted octanol–water partition coefficient (Wildman–Crippen LogP) is -5.18. The number of amides is 4. The summed E-state index contributed by atoms with van der Waals surface area (Å²) in [5.74, 6) is -3.16. The van der Waals surface area contributed by atoms with Gasteiger partial charge in [-0.25, -0.2) is 14.5 Å². The number of rotatable bonds is 8. The van der Waals surface area contributed by atoms with Gasteiger partial charge in [-0.3, -0.25) is 38.9 Å². The summed E-state index contributed by atoms with van der Waals surface area (Å²) in [5.41, 5.74) is 12.6. The Morgan fingerprint density at radius 2 is 1.18 bits per heavy atom. The number of nitrogens with zero attached hydrogens (tertiary/aromatic N) is 7. The maximum Gasteiger partial charge on any atom is 1.00 e. The van der Waals surface area contributed by atoms with Crippen LogP contribution >= 0.6 is 11.6 Å². The zero-order valence-electron chi connectivity index (χ0n) is 36.7. The number of ether oxygens (including phenoxy) is 2. The summed E-state index contributed by atoms with van der Waals surface area (Å²) in [6.07, 6.45) is 0.438. The molecule has 2 aliphatic heterocycles. The molecule has 0 bridgehead atoms. The molecule has 2 atom stereocenters. The molecule has 0 radical (unpaired) electrons. The first kappa shape index (κ1) is 57.0. The van der Waals surface area contributed by atoms with Crippen LogP contribution in [0, 0.1) is 0 Å². The molecule has 6 aromatic rings. The van der Waals surface area contributed by atoms with E-state index in [9.17, 15) is 38.4 Å². The second-order valence-corrected chi connectivity index (χ2v) is 13.6. The van der Waals surface area contributed by atoms with Crippen molar-refractivity contribution in [1.82, 2.24) is 40.2 Å². The largest absolute Gasteiger partial charge is 1.00 e. The van der Waals surface area contributed by atoms with E-state index in [1.165, 1.54) is 0 Å². The first-order chi connectivity index (χ1) is 31.3. The molecule has 2 aliphatic rings. The monoisotopic (exact) mass is 1180 g/mol. The average Bonchev–Trinajstić information content (AvgIpc) is 3.31. The van der Waals surface area contributed by atoms with Gasteiger partial charge in [-0.1, -0.05) is 70.6 Å². The summed E-state index contributed by atoms with van der Waals surface area (Å²) in [7, 11) is 0. The van der Waals surface area contributed by atoms with Gasteiger partial charge in [-0.05, 0) is 61.4 Å². The van der Waals surface area contributed by atoms with Gasteiger partial charge in [0, 0.05) is 24.2 Å². The number of likely N-dealkylation sites (tertiary alicyclic amines) is 1. The van der Waals surface area contributed by atoms with Crippen molar-refractivity contribution < 1.29 is 192 Å². The minimum absolute atomic E-state index is 0. The Hall–Kier alpha value is -4.34. The third-order valence-electron chi connectivity index (χ3n) is 9.34. The standard InChI is InChI=1S/C20H17N5O5.C12H11N5O3.C8H7ClO2.CH2O3.2Cs.H/c21-13-7-4-8-14-17(13)19(28)25(23-22-14)15-9-10-16(26)24(18(15)27)11-30-20(29)12-5-2-1-3-6-12;13-6-2-1-3-7-10(6)12(20)17(16-15-7)8-4-5-9(18)14-11(8)19;9-6-11-8(10)7-4-2-1-3-5-7;2-1-4-3;;;/h1-8,15H,9-11,21H2;1-3,8H,4-5,13H2,(H,14,18,19);1-5H,6H2;1,3H;;;/q;;;;2*+1;-1/p-1. The number of aromatic nitrogens is 6. The number of hydrogen-bond acceptors (Lipinski definition) is 19. The van der Waals surface area contributed by atoms with Crippen molar-refractivity contribution in [2.24, 2.45) is 0 Å². The van der Waals surface area contributed by atoms with Crippen LogP contribution in [0.15, 0.2) is 107 Å². The van der Waals surface area contributed by atoms with Gasteiger partial charge in [-0.15, -0.1) is 10.2 Å². The molecule has 26 heteroatoms. The SMILES string of the molecule is Nc1cccc2nnn(C3CCC(=O)N(COC(=O)c4ccccc4)C3=O)c(=O)c12.Nc1cccc2nnn(C3CCC(=O)NC3=O)c(=O)c12.O=C(OCCl)c1ccccc1.O=CO[O-].[Cs+].[Cs+].[H-]. The van der Waals surface area contributed by atoms with Gasteiger partial charge in [0.25, 0.3) is 29.4 Å². The van der Waals surface area contributed by atoms with Gasteiger partial charge < -0.3 is 32.5 Å². The van der Waals surface area contributed by atoms with Crippen molar-refractivity contribution in [3.8, 4) is 0 Å². The molecular weight excluding hydrogens is 1140 g/mol. The van der Waals surface area contributed by atoms with Crippen molar-refractivity contribution in [1.29, 1.82) is 0 Å². The molecule has 2 aromatic heterocycles. The zero-order chi connectivity index (χ0) is 47.0. The smallest absolute Gasteiger partial charge is 1.00 e. The summed E-state index contributed by atoms with van der Waals surface area (Å²) in [6, 6.07) is 24.6. The van der Waals surface area contributed by atoms with E-state index in [-0.39, 0.29) is 217 Å². The van der Waals surface area contributed by atoms with E-state index < -0.39 is 53.6 Å². The molecule has 67 heavy (non-hydrogen) atoms. The summed E-state index contributed by atoms with van der Waals surface area (Å²) >= 11 is 5.20. The second kappa shape index (κ2) is 28.2. The number of fused-ring (bicyclic) bond motifs is 2. The van der Waals surface area contributed by atoms with E-state index in [0.717, 1.165) is 14.3 Å².